The average molecular weight is 377 g/mol. The van der Waals surface area contributed by atoms with E-state index in [1.807, 2.05) is 0 Å². The van der Waals surface area contributed by atoms with Crippen molar-refractivity contribution in [3.63, 3.8) is 0 Å². The Balaban J connectivity index is 1.40. The molecule has 1 aromatic rings. The fourth-order valence-electron chi connectivity index (χ4n) is 5.27. The topological polar surface area (TPSA) is 76.6 Å². The number of carbonyl (C=O) groups is 2. The Hall–Kier alpha value is -1.40. The number of aryl methyl sites for hydroxylation is 1. The van der Waals surface area contributed by atoms with E-state index in [-0.39, 0.29) is 5.91 Å². The number of thiophene rings is 1. The van der Waals surface area contributed by atoms with Gasteiger partial charge in [-0.05, 0) is 56.4 Å². The molecule has 2 fully saturated rings. The summed E-state index contributed by atoms with van der Waals surface area (Å²) in [6, 6.07) is 0. The summed E-state index contributed by atoms with van der Waals surface area (Å²) >= 11 is 1.56. The van der Waals surface area contributed by atoms with Crippen LogP contribution in [-0.2, 0) is 17.6 Å². The Labute approximate surface area is 159 Å². The molecule has 142 valence electrons. The molecule has 1 saturated carbocycles. The number of hydrogen-bond donors (Lipinski definition) is 3. The summed E-state index contributed by atoms with van der Waals surface area (Å²) in [5, 5.41) is 3.71. The molecule has 3 aliphatic rings. The van der Waals surface area contributed by atoms with Gasteiger partial charge in [0.2, 0.25) is 0 Å². The molecule has 0 radical (unpaired) electrons. The zero-order valence-electron chi connectivity index (χ0n) is 15.4. The number of likely N-dealkylation sites (tertiary alicyclic amines) is 1. The van der Waals surface area contributed by atoms with Crippen molar-refractivity contribution in [2.24, 2.45) is 17.6 Å². The quantitative estimate of drug-likeness (QED) is 0.749. The maximum absolute atomic E-state index is 12.7. The van der Waals surface area contributed by atoms with E-state index in [0.717, 1.165) is 56.2 Å². The number of rotatable bonds is 4. The third kappa shape index (κ3) is 3.67. The van der Waals surface area contributed by atoms with Gasteiger partial charge >= 0.3 is 0 Å². The SMILES string of the molecule is NC(=O)c1c(NC(=O)C[NH+]2CC[C@@H]3CCCC[C@@H]3C2)sc2c1CCCC2. The average Bonchev–Trinajstić information content (AvgIpc) is 2.99. The zero-order valence-corrected chi connectivity index (χ0v) is 16.3. The van der Waals surface area contributed by atoms with Gasteiger partial charge in [0.25, 0.3) is 11.8 Å². The number of quaternary nitrogens is 1. The van der Waals surface area contributed by atoms with Gasteiger partial charge in [-0.1, -0.05) is 12.8 Å². The molecule has 4 rings (SSSR count). The molecule has 1 unspecified atom stereocenters. The number of anilines is 1. The summed E-state index contributed by atoms with van der Waals surface area (Å²) < 4.78 is 0. The predicted molar refractivity (Wildman–Crippen MR) is 104 cm³/mol. The van der Waals surface area contributed by atoms with Crippen molar-refractivity contribution in [3.8, 4) is 0 Å². The highest BCUT2D eigenvalue weighted by molar-refractivity contribution is 7.17. The van der Waals surface area contributed by atoms with Gasteiger partial charge in [-0.25, -0.2) is 0 Å². The van der Waals surface area contributed by atoms with E-state index in [2.05, 4.69) is 5.32 Å². The Morgan fingerprint density at radius 3 is 2.65 bits per heavy atom. The van der Waals surface area contributed by atoms with E-state index in [0.29, 0.717) is 17.1 Å². The highest BCUT2D eigenvalue weighted by Crippen LogP contribution is 2.38. The van der Waals surface area contributed by atoms with Crippen molar-refractivity contribution >= 4 is 28.2 Å². The molecule has 0 bridgehead atoms. The molecule has 2 aliphatic carbocycles. The normalized spacial score (nSPS) is 28.1. The molecule has 1 aromatic heterocycles. The van der Waals surface area contributed by atoms with Gasteiger partial charge in [0.05, 0.1) is 18.7 Å². The molecule has 6 heteroatoms. The predicted octanol–water partition coefficient (Wildman–Crippen LogP) is 1.76. The molecule has 0 aromatic carbocycles. The van der Waals surface area contributed by atoms with Crippen molar-refractivity contribution in [1.29, 1.82) is 0 Å². The molecule has 2 amide bonds. The van der Waals surface area contributed by atoms with Gasteiger partial charge in [0, 0.05) is 10.8 Å². The second-order valence-corrected chi connectivity index (χ2v) is 9.41. The number of primary amides is 1. The second kappa shape index (κ2) is 7.69. The summed E-state index contributed by atoms with van der Waals surface area (Å²) in [6.45, 7) is 2.73. The van der Waals surface area contributed by atoms with E-state index < -0.39 is 5.91 Å². The second-order valence-electron chi connectivity index (χ2n) is 8.30. The molecule has 2 heterocycles. The summed E-state index contributed by atoms with van der Waals surface area (Å²) in [4.78, 5) is 27.2. The Morgan fingerprint density at radius 1 is 1.08 bits per heavy atom. The van der Waals surface area contributed by atoms with E-state index in [1.54, 1.807) is 11.3 Å². The Kier molecular flexibility index (Phi) is 5.32. The fraction of sp³-hybridized carbons (Fsp3) is 0.700. The van der Waals surface area contributed by atoms with Gasteiger partial charge in [-0.15, -0.1) is 11.3 Å². The minimum absolute atomic E-state index is 0.0235. The van der Waals surface area contributed by atoms with Crippen LogP contribution in [0, 0.1) is 11.8 Å². The minimum atomic E-state index is -0.407. The van der Waals surface area contributed by atoms with Crippen molar-refractivity contribution in [1.82, 2.24) is 0 Å². The van der Waals surface area contributed by atoms with Crippen LogP contribution in [-0.4, -0.2) is 31.4 Å². The minimum Gasteiger partial charge on any atom is -0.365 e. The van der Waals surface area contributed by atoms with Crippen LogP contribution in [0.2, 0.25) is 0 Å². The monoisotopic (exact) mass is 376 g/mol. The van der Waals surface area contributed by atoms with Gasteiger partial charge in [-0.2, -0.15) is 0 Å². The number of hydrogen-bond acceptors (Lipinski definition) is 3. The highest BCUT2D eigenvalue weighted by atomic mass is 32.1. The lowest BCUT2D eigenvalue weighted by Crippen LogP contribution is -3.15. The van der Waals surface area contributed by atoms with Crippen LogP contribution in [0.1, 0.15) is 65.7 Å². The van der Waals surface area contributed by atoms with Gasteiger partial charge in [0.1, 0.15) is 5.00 Å². The van der Waals surface area contributed by atoms with E-state index >= 15 is 0 Å². The lowest BCUT2D eigenvalue weighted by Gasteiger charge is -2.38. The number of fused-ring (bicyclic) bond motifs is 2. The van der Waals surface area contributed by atoms with Gasteiger partial charge < -0.3 is 16.0 Å². The van der Waals surface area contributed by atoms with Crippen LogP contribution in [0.25, 0.3) is 0 Å². The van der Waals surface area contributed by atoms with Crippen LogP contribution in [0.15, 0.2) is 0 Å². The lowest BCUT2D eigenvalue weighted by atomic mass is 9.75. The fourth-order valence-corrected chi connectivity index (χ4v) is 6.58. The molecular formula is C20H30N3O2S+. The van der Waals surface area contributed by atoms with Crippen molar-refractivity contribution in [3.05, 3.63) is 16.0 Å². The molecule has 3 atom stereocenters. The van der Waals surface area contributed by atoms with Crippen LogP contribution in [0.3, 0.4) is 0 Å². The molecule has 5 nitrogen and oxygen atoms in total. The third-order valence-electron chi connectivity index (χ3n) is 6.57. The van der Waals surface area contributed by atoms with Gasteiger partial charge in [0.15, 0.2) is 6.54 Å². The summed E-state index contributed by atoms with van der Waals surface area (Å²) in [5.41, 5.74) is 7.28. The molecule has 26 heavy (non-hydrogen) atoms. The zero-order chi connectivity index (χ0) is 18.1. The Morgan fingerprint density at radius 2 is 1.85 bits per heavy atom. The maximum atomic E-state index is 12.7. The van der Waals surface area contributed by atoms with Gasteiger partial charge in [-0.3, -0.25) is 9.59 Å². The highest BCUT2D eigenvalue weighted by Gasteiger charge is 2.34. The van der Waals surface area contributed by atoms with E-state index in [4.69, 9.17) is 5.73 Å². The van der Waals surface area contributed by atoms with Crippen molar-refractivity contribution in [2.75, 3.05) is 25.0 Å². The van der Waals surface area contributed by atoms with Crippen LogP contribution in [0.4, 0.5) is 5.00 Å². The van der Waals surface area contributed by atoms with Crippen LogP contribution < -0.4 is 16.0 Å². The molecule has 1 aliphatic heterocycles. The molecule has 0 spiro atoms. The van der Waals surface area contributed by atoms with E-state index in [9.17, 15) is 9.59 Å². The number of nitrogens with one attached hydrogen (secondary N) is 2. The lowest BCUT2D eigenvalue weighted by molar-refractivity contribution is -0.902. The number of amides is 2. The van der Waals surface area contributed by atoms with Crippen LogP contribution in [0.5, 0.6) is 0 Å². The third-order valence-corrected chi connectivity index (χ3v) is 7.77. The number of piperidine rings is 1. The first-order valence-corrected chi connectivity index (χ1v) is 11.0. The van der Waals surface area contributed by atoms with Crippen molar-refractivity contribution in [2.45, 2.75) is 57.8 Å². The first-order valence-electron chi connectivity index (χ1n) is 10.2. The summed E-state index contributed by atoms with van der Waals surface area (Å²) in [7, 11) is 0. The van der Waals surface area contributed by atoms with Crippen LogP contribution >= 0.6 is 11.3 Å². The maximum Gasteiger partial charge on any atom is 0.280 e. The molecular weight excluding hydrogens is 346 g/mol. The largest absolute Gasteiger partial charge is 0.365 e. The summed E-state index contributed by atoms with van der Waals surface area (Å²) in [6.07, 6.45) is 10.9. The standard InChI is InChI=1S/C20H29N3O2S/c21-19(25)18-15-7-3-4-8-16(15)26-20(18)22-17(24)12-23-10-9-13-5-1-2-6-14(13)11-23/h13-14H,1-12H2,(H2,21,25)(H,22,24)/p+1/t13-,14+/m0/s1. The first kappa shape index (κ1) is 18.0. The number of carbonyl (C=O) groups excluding carboxylic acids is 2. The smallest absolute Gasteiger partial charge is 0.280 e. The van der Waals surface area contributed by atoms with E-state index in [1.165, 1.54) is 41.9 Å². The summed E-state index contributed by atoms with van der Waals surface area (Å²) in [5.74, 6) is 1.31. The Bertz CT molecular complexity index is 699. The molecule has 1 saturated heterocycles. The number of nitrogens with two attached hydrogens (primary N) is 1. The first-order chi connectivity index (χ1) is 12.6. The molecule has 4 N–H and O–H groups in total. The van der Waals surface area contributed by atoms with Crippen molar-refractivity contribution < 1.29 is 14.5 Å².